The number of urea groups is 1. The van der Waals surface area contributed by atoms with Gasteiger partial charge in [0, 0.05) is 17.8 Å². The lowest BCUT2D eigenvalue weighted by molar-refractivity contribution is -0.141. The van der Waals surface area contributed by atoms with Crippen molar-refractivity contribution in [3.05, 3.63) is 0 Å². The van der Waals surface area contributed by atoms with Gasteiger partial charge in [-0.05, 0) is 44.8 Å². The van der Waals surface area contributed by atoms with Crippen molar-refractivity contribution in [2.24, 2.45) is 0 Å². The Hall–Kier alpha value is -0.910. The molecule has 1 atom stereocenters. The third-order valence-corrected chi connectivity index (χ3v) is 5.27. The minimum atomic E-state index is -0.890. The van der Waals surface area contributed by atoms with E-state index in [1.54, 1.807) is 0 Å². The number of nitrogens with one attached hydrogen (secondary N) is 1. The number of hydrogen-bond donors (Lipinski definition) is 2. The van der Waals surface area contributed by atoms with Gasteiger partial charge in [-0.15, -0.1) is 0 Å². The summed E-state index contributed by atoms with van der Waals surface area (Å²) >= 11 is 1.90. The number of hydrogen-bond acceptors (Lipinski definition) is 3. The fourth-order valence-corrected chi connectivity index (χ4v) is 3.71. The lowest BCUT2D eigenvalue weighted by atomic mass is 9.95. The van der Waals surface area contributed by atoms with E-state index in [0.717, 1.165) is 32.1 Å². The van der Waals surface area contributed by atoms with Crippen molar-refractivity contribution >= 4 is 23.8 Å². The predicted octanol–water partition coefficient (Wildman–Crippen LogP) is 1.92. The quantitative estimate of drug-likeness (QED) is 0.831. The number of carboxylic acid groups (broad SMARTS) is 1. The fraction of sp³-hybridized carbons (Fsp3) is 0.846. The summed E-state index contributed by atoms with van der Waals surface area (Å²) in [6, 6.07) is -0.619. The molecule has 2 aliphatic rings. The first kappa shape index (κ1) is 14.5. The Morgan fingerprint density at radius 1 is 1.21 bits per heavy atom. The molecular weight excluding hydrogens is 264 g/mol. The zero-order valence-electron chi connectivity index (χ0n) is 11.3. The molecule has 0 radical (unpaired) electrons. The zero-order chi connectivity index (χ0) is 13.8. The minimum absolute atomic E-state index is 0.197. The predicted molar refractivity (Wildman–Crippen MR) is 75.5 cm³/mol. The van der Waals surface area contributed by atoms with Crippen molar-refractivity contribution in [1.82, 2.24) is 10.2 Å². The lowest BCUT2D eigenvalue weighted by Crippen LogP contribution is -2.49. The molecule has 0 spiro atoms. The topological polar surface area (TPSA) is 69.6 Å². The highest BCUT2D eigenvalue weighted by Crippen LogP contribution is 2.27. The molecule has 1 unspecified atom stereocenters. The molecule has 1 heterocycles. The number of aliphatic carboxylic acids is 1. The van der Waals surface area contributed by atoms with Gasteiger partial charge in [0.25, 0.3) is 0 Å². The Labute approximate surface area is 118 Å². The Morgan fingerprint density at radius 3 is 2.47 bits per heavy atom. The van der Waals surface area contributed by atoms with Gasteiger partial charge in [-0.2, -0.15) is 11.8 Å². The third kappa shape index (κ3) is 3.55. The molecule has 19 heavy (non-hydrogen) atoms. The molecule has 0 aromatic rings. The molecule has 1 saturated heterocycles. The van der Waals surface area contributed by atoms with Crippen LogP contribution in [0.4, 0.5) is 4.79 Å². The van der Waals surface area contributed by atoms with E-state index in [0.29, 0.717) is 18.2 Å². The van der Waals surface area contributed by atoms with Gasteiger partial charge < -0.3 is 15.3 Å². The highest BCUT2D eigenvalue weighted by molar-refractivity contribution is 7.99. The SMILES string of the molecule is CSC1CCC(NC(=O)N2CCCC2C(=O)O)CC1. The lowest BCUT2D eigenvalue weighted by Gasteiger charge is -2.30. The second-order valence-electron chi connectivity index (χ2n) is 5.35. The summed E-state index contributed by atoms with van der Waals surface area (Å²) in [5, 5.41) is 12.8. The van der Waals surface area contributed by atoms with Gasteiger partial charge in [0.15, 0.2) is 0 Å². The Bertz CT molecular complexity index is 343. The molecular formula is C13H22N2O3S. The van der Waals surface area contributed by atoms with E-state index < -0.39 is 12.0 Å². The number of carbonyl (C=O) groups is 2. The minimum Gasteiger partial charge on any atom is -0.480 e. The van der Waals surface area contributed by atoms with Gasteiger partial charge in [-0.25, -0.2) is 9.59 Å². The molecule has 1 saturated carbocycles. The monoisotopic (exact) mass is 286 g/mol. The zero-order valence-corrected chi connectivity index (χ0v) is 12.1. The van der Waals surface area contributed by atoms with E-state index in [1.807, 2.05) is 11.8 Å². The van der Waals surface area contributed by atoms with Crippen molar-refractivity contribution < 1.29 is 14.7 Å². The molecule has 2 fully saturated rings. The highest BCUT2D eigenvalue weighted by atomic mass is 32.2. The molecule has 0 aromatic heterocycles. The number of carboxylic acids is 1. The molecule has 108 valence electrons. The first-order valence-corrected chi connectivity index (χ1v) is 8.23. The van der Waals surface area contributed by atoms with Gasteiger partial charge in [-0.3, -0.25) is 0 Å². The van der Waals surface area contributed by atoms with Crippen LogP contribution in [0.5, 0.6) is 0 Å². The highest BCUT2D eigenvalue weighted by Gasteiger charge is 2.35. The van der Waals surface area contributed by atoms with Crippen LogP contribution in [0.25, 0.3) is 0 Å². The molecule has 1 aliphatic carbocycles. The molecule has 2 amide bonds. The summed E-state index contributed by atoms with van der Waals surface area (Å²) in [5.41, 5.74) is 0. The van der Waals surface area contributed by atoms with E-state index >= 15 is 0 Å². The summed E-state index contributed by atoms with van der Waals surface area (Å²) in [6.07, 6.45) is 7.76. The van der Waals surface area contributed by atoms with Crippen LogP contribution in [0.2, 0.25) is 0 Å². The van der Waals surface area contributed by atoms with Crippen LogP contribution in [-0.2, 0) is 4.79 Å². The Kier molecular flexibility index (Phi) is 4.96. The van der Waals surface area contributed by atoms with Crippen LogP contribution in [0, 0.1) is 0 Å². The van der Waals surface area contributed by atoms with Gasteiger partial charge in [0.1, 0.15) is 6.04 Å². The molecule has 0 aromatic carbocycles. The van der Waals surface area contributed by atoms with Crippen molar-refractivity contribution in [3.8, 4) is 0 Å². The fourth-order valence-electron chi connectivity index (χ4n) is 2.97. The number of rotatable bonds is 3. The van der Waals surface area contributed by atoms with E-state index in [-0.39, 0.29) is 12.1 Å². The Balaban J connectivity index is 1.82. The maximum Gasteiger partial charge on any atom is 0.326 e. The number of thioether (sulfide) groups is 1. The smallest absolute Gasteiger partial charge is 0.326 e. The van der Waals surface area contributed by atoms with Gasteiger partial charge >= 0.3 is 12.0 Å². The standard InChI is InChI=1S/C13H22N2O3S/c1-19-10-6-4-9(5-7-10)14-13(18)15-8-2-3-11(15)12(16)17/h9-11H,2-8H2,1H3,(H,14,18)(H,16,17). The van der Waals surface area contributed by atoms with Gasteiger partial charge in [0.05, 0.1) is 0 Å². The largest absolute Gasteiger partial charge is 0.480 e. The molecule has 5 nitrogen and oxygen atoms in total. The van der Waals surface area contributed by atoms with Crippen molar-refractivity contribution in [2.45, 2.75) is 55.9 Å². The van der Waals surface area contributed by atoms with E-state index in [9.17, 15) is 9.59 Å². The first-order valence-electron chi connectivity index (χ1n) is 6.94. The van der Waals surface area contributed by atoms with E-state index in [2.05, 4.69) is 11.6 Å². The molecule has 0 bridgehead atoms. The number of amides is 2. The van der Waals surface area contributed by atoms with E-state index in [4.69, 9.17) is 5.11 Å². The second-order valence-corrected chi connectivity index (χ2v) is 6.49. The maximum atomic E-state index is 12.1. The number of likely N-dealkylation sites (tertiary alicyclic amines) is 1. The van der Waals surface area contributed by atoms with Crippen molar-refractivity contribution in [3.63, 3.8) is 0 Å². The van der Waals surface area contributed by atoms with Crippen LogP contribution in [0.1, 0.15) is 38.5 Å². The van der Waals surface area contributed by atoms with Crippen molar-refractivity contribution in [2.75, 3.05) is 12.8 Å². The third-order valence-electron chi connectivity index (χ3n) is 4.13. The van der Waals surface area contributed by atoms with Crippen molar-refractivity contribution in [1.29, 1.82) is 0 Å². The first-order chi connectivity index (χ1) is 9.11. The summed E-state index contributed by atoms with van der Waals surface area (Å²) in [5.74, 6) is -0.890. The summed E-state index contributed by atoms with van der Waals surface area (Å²) in [6.45, 7) is 0.558. The molecule has 2 rings (SSSR count). The van der Waals surface area contributed by atoms with E-state index in [1.165, 1.54) is 4.90 Å². The van der Waals surface area contributed by atoms with Crippen LogP contribution < -0.4 is 5.32 Å². The summed E-state index contributed by atoms with van der Waals surface area (Å²) < 4.78 is 0. The maximum absolute atomic E-state index is 12.1. The van der Waals surface area contributed by atoms with Crippen LogP contribution >= 0.6 is 11.8 Å². The average Bonchev–Trinajstić information content (AvgIpc) is 2.89. The molecule has 1 aliphatic heterocycles. The normalized spacial score (nSPS) is 31.2. The van der Waals surface area contributed by atoms with Crippen LogP contribution in [-0.4, -0.2) is 52.1 Å². The Morgan fingerprint density at radius 2 is 1.89 bits per heavy atom. The number of nitrogens with zero attached hydrogens (tertiary/aromatic N) is 1. The van der Waals surface area contributed by atoms with Crippen LogP contribution in [0.3, 0.4) is 0 Å². The van der Waals surface area contributed by atoms with Gasteiger partial charge in [0.2, 0.25) is 0 Å². The molecule has 6 heteroatoms. The van der Waals surface area contributed by atoms with Crippen LogP contribution in [0.15, 0.2) is 0 Å². The summed E-state index contributed by atoms with van der Waals surface area (Å²) in [7, 11) is 0. The summed E-state index contributed by atoms with van der Waals surface area (Å²) in [4.78, 5) is 24.7. The van der Waals surface area contributed by atoms with Gasteiger partial charge in [-0.1, -0.05) is 0 Å². The molecule has 2 N–H and O–H groups in total. The average molecular weight is 286 g/mol. The second kappa shape index (κ2) is 6.50. The number of carbonyl (C=O) groups excluding carboxylic acids is 1.